The average molecular weight is 340 g/mol. The Labute approximate surface area is 137 Å². The summed E-state index contributed by atoms with van der Waals surface area (Å²) in [5.41, 5.74) is 1.73. The zero-order valence-electron chi connectivity index (χ0n) is 13.6. The molecule has 2 saturated heterocycles. The van der Waals surface area contributed by atoms with Gasteiger partial charge >= 0.3 is 6.18 Å². The third kappa shape index (κ3) is 2.33. The summed E-state index contributed by atoms with van der Waals surface area (Å²) in [5, 5.41) is 14.8. The van der Waals surface area contributed by atoms with Gasteiger partial charge < -0.3 is 10.2 Å². The lowest BCUT2D eigenvalue weighted by atomic mass is 9.93. The molecular weight excluding hydrogens is 321 g/mol. The minimum Gasteiger partial charge on any atom is -0.355 e. The molecule has 2 aliphatic rings. The molecule has 2 unspecified atom stereocenters. The first-order valence-corrected chi connectivity index (χ1v) is 8.14. The predicted molar refractivity (Wildman–Crippen MR) is 82.0 cm³/mol. The van der Waals surface area contributed by atoms with Gasteiger partial charge in [0.2, 0.25) is 0 Å². The summed E-state index contributed by atoms with van der Waals surface area (Å²) in [6.45, 7) is 6.28. The lowest BCUT2D eigenvalue weighted by Crippen LogP contribution is -2.45. The summed E-state index contributed by atoms with van der Waals surface area (Å²) >= 11 is 0. The third-order valence-corrected chi connectivity index (χ3v) is 5.28. The smallest absolute Gasteiger partial charge is 0.355 e. The molecule has 4 heterocycles. The van der Waals surface area contributed by atoms with E-state index in [4.69, 9.17) is 0 Å². The highest BCUT2D eigenvalue weighted by atomic mass is 19.4. The van der Waals surface area contributed by atoms with Crippen molar-refractivity contribution in [3.63, 3.8) is 0 Å². The molecule has 0 amide bonds. The van der Waals surface area contributed by atoms with Gasteiger partial charge in [-0.05, 0) is 39.2 Å². The fourth-order valence-corrected chi connectivity index (χ4v) is 3.83. The summed E-state index contributed by atoms with van der Waals surface area (Å²) < 4.78 is 40.3. The van der Waals surface area contributed by atoms with Crippen LogP contribution >= 0.6 is 0 Å². The van der Waals surface area contributed by atoms with Gasteiger partial charge in [0.15, 0.2) is 11.5 Å². The Balaban J connectivity index is 1.79. The first-order chi connectivity index (χ1) is 11.4. The molecule has 0 saturated carbocycles. The van der Waals surface area contributed by atoms with Gasteiger partial charge in [-0.25, -0.2) is 0 Å². The number of halogens is 3. The number of rotatable bonds is 1. The fourth-order valence-electron chi connectivity index (χ4n) is 3.83. The molecule has 130 valence electrons. The van der Waals surface area contributed by atoms with Crippen molar-refractivity contribution in [2.45, 2.75) is 38.9 Å². The van der Waals surface area contributed by atoms with E-state index in [2.05, 4.69) is 25.5 Å². The Hall–Kier alpha value is -1.90. The lowest BCUT2D eigenvalue weighted by Gasteiger charge is -2.36. The number of alkyl halides is 3. The second kappa shape index (κ2) is 5.30. The number of hydrogen-bond acceptors (Lipinski definition) is 5. The number of anilines is 1. The number of nitrogens with zero attached hydrogens (tertiary/aromatic N) is 5. The second-order valence-electron chi connectivity index (χ2n) is 6.67. The Bertz CT molecular complexity index is 784. The summed E-state index contributed by atoms with van der Waals surface area (Å²) in [7, 11) is 0. The van der Waals surface area contributed by atoms with Crippen LogP contribution in [0.2, 0.25) is 0 Å². The molecule has 2 aromatic rings. The molecule has 24 heavy (non-hydrogen) atoms. The molecule has 0 aliphatic carbocycles. The van der Waals surface area contributed by atoms with E-state index in [0.717, 1.165) is 42.6 Å². The van der Waals surface area contributed by atoms with Crippen LogP contribution in [0.5, 0.6) is 0 Å². The van der Waals surface area contributed by atoms with Crippen molar-refractivity contribution in [2.24, 2.45) is 5.92 Å². The van der Waals surface area contributed by atoms with Gasteiger partial charge in [0, 0.05) is 30.3 Å². The van der Waals surface area contributed by atoms with Crippen LogP contribution in [0, 0.1) is 19.8 Å². The van der Waals surface area contributed by atoms with Crippen molar-refractivity contribution >= 4 is 11.5 Å². The molecule has 4 rings (SSSR count). The topological polar surface area (TPSA) is 58.4 Å². The van der Waals surface area contributed by atoms with E-state index in [0.29, 0.717) is 23.3 Å². The van der Waals surface area contributed by atoms with Crippen LogP contribution in [0.3, 0.4) is 0 Å². The monoisotopic (exact) mass is 340 g/mol. The maximum atomic E-state index is 13.1. The minimum atomic E-state index is -4.58. The van der Waals surface area contributed by atoms with Crippen LogP contribution in [0.15, 0.2) is 0 Å². The number of aryl methyl sites for hydroxylation is 1. The van der Waals surface area contributed by atoms with Crippen LogP contribution in [-0.2, 0) is 6.18 Å². The summed E-state index contributed by atoms with van der Waals surface area (Å²) in [6.07, 6.45) is -2.49. The van der Waals surface area contributed by atoms with Crippen molar-refractivity contribution in [1.82, 2.24) is 25.1 Å². The predicted octanol–water partition coefficient (Wildman–Crippen LogP) is 1.95. The van der Waals surface area contributed by atoms with Crippen LogP contribution < -0.4 is 10.2 Å². The summed E-state index contributed by atoms with van der Waals surface area (Å²) in [6, 6.07) is 0.520. The quantitative estimate of drug-likeness (QED) is 0.860. The highest BCUT2D eigenvalue weighted by molar-refractivity contribution is 5.59. The zero-order valence-corrected chi connectivity index (χ0v) is 13.6. The number of aromatic nitrogens is 4. The van der Waals surface area contributed by atoms with Crippen molar-refractivity contribution in [1.29, 1.82) is 0 Å². The van der Waals surface area contributed by atoms with Crippen molar-refractivity contribution < 1.29 is 13.2 Å². The number of hydrogen-bond donors (Lipinski definition) is 1. The molecule has 0 spiro atoms. The normalized spacial score (nSPS) is 24.6. The summed E-state index contributed by atoms with van der Waals surface area (Å²) in [4.78, 5) is 2.11. The maximum absolute atomic E-state index is 13.1. The third-order valence-electron chi connectivity index (χ3n) is 5.28. The molecule has 0 aromatic carbocycles. The molecular formula is C15H19F3N6. The van der Waals surface area contributed by atoms with E-state index in [9.17, 15) is 13.2 Å². The molecule has 2 aromatic heterocycles. The van der Waals surface area contributed by atoms with E-state index >= 15 is 0 Å². The van der Waals surface area contributed by atoms with E-state index < -0.39 is 12.0 Å². The maximum Gasteiger partial charge on any atom is 0.453 e. The van der Waals surface area contributed by atoms with Gasteiger partial charge in [0.05, 0.1) is 0 Å². The Kier molecular flexibility index (Phi) is 3.45. The van der Waals surface area contributed by atoms with Crippen LogP contribution in [0.4, 0.5) is 19.0 Å². The lowest BCUT2D eigenvalue weighted by molar-refractivity contribution is -0.146. The molecule has 1 N–H and O–H groups in total. The fraction of sp³-hybridized carbons (Fsp3) is 0.667. The van der Waals surface area contributed by atoms with Crippen molar-refractivity contribution in [2.75, 3.05) is 24.5 Å². The first kappa shape index (κ1) is 15.6. The van der Waals surface area contributed by atoms with Gasteiger partial charge in [-0.2, -0.15) is 17.7 Å². The summed E-state index contributed by atoms with van der Waals surface area (Å²) in [5.74, 6) is 0.0638. The molecule has 9 heteroatoms. The van der Waals surface area contributed by atoms with Crippen LogP contribution in [-0.4, -0.2) is 45.5 Å². The standard InChI is InChI=1S/C15H19F3N6/c1-8-9(2)13(23-6-4-11-10(7-23)3-5-19-11)22-24-12(8)20-21-14(24)15(16,17)18/h10-11,19H,3-7H2,1-2H3. The number of nitrogens with one attached hydrogen (secondary N) is 1. The first-order valence-electron chi connectivity index (χ1n) is 8.14. The Morgan fingerprint density at radius 1 is 1.12 bits per heavy atom. The van der Waals surface area contributed by atoms with Gasteiger partial charge in [-0.15, -0.1) is 15.3 Å². The molecule has 2 aliphatic heterocycles. The number of fused-ring (bicyclic) bond motifs is 2. The van der Waals surface area contributed by atoms with E-state index in [1.165, 1.54) is 0 Å². The molecule has 6 nitrogen and oxygen atoms in total. The molecule has 0 bridgehead atoms. The zero-order chi connectivity index (χ0) is 17.1. The second-order valence-corrected chi connectivity index (χ2v) is 6.67. The van der Waals surface area contributed by atoms with Gasteiger partial charge in [0.1, 0.15) is 0 Å². The SMILES string of the molecule is Cc1c(N2CCC3NCCC3C2)nn2c(C(F)(F)F)nnc2c1C. The van der Waals surface area contributed by atoms with Gasteiger partial charge in [-0.3, -0.25) is 0 Å². The highest BCUT2D eigenvalue weighted by Crippen LogP contribution is 2.33. The Morgan fingerprint density at radius 3 is 2.67 bits per heavy atom. The van der Waals surface area contributed by atoms with E-state index in [-0.39, 0.29) is 5.65 Å². The van der Waals surface area contributed by atoms with Gasteiger partial charge in [-0.1, -0.05) is 0 Å². The molecule has 0 radical (unpaired) electrons. The van der Waals surface area contributed by atoms with Crippen molar-refractivity contribution in [3.8, 4) is 0 Å². The van der Waals surface area contributed by atoms with Crippen LogP contribution in [0.1, 0.15) is 29.8 Å². The van der Waals surface area contributed by atoms with Crippen LogP contribution in [0.25, 0.3) is 5.65 Å². The number of piperidine rings is 1. The molecule has 2 atom stereocenters. The largest absolute Gasteiger partial charge is 0.453 e. The Morgan fingerprint density at radius 2 is 1.92 bits per heavy atom. The van der Waals surface area contributed by atoms with E-state index in [1.54, 1.807) is 6.92 Å². The van der Waals surface area contributed by atoms with Gasteiger partial charge in [0.25, 0.3) is 5.82 Å². The minimum absolute atomic E-state index is 0.168. The molecule has 2 fully saturated rings. The highest BCUT2D eigenvalue weighted by Gasteiger charge is 2.39. The van der Waals surface area contributed by atoms with Crippen molar-refractivity contribution in [3.05, 3.63) is 17.0 Å². The van der Waals surface area contributed by atoms with E-state index in [1.807, 2.05) is 6.92 Å². The average Bonchev–Trinajstić information content (AvgIpc) is 3.15.